The molecule has 210 valence electrons. The fraction of sp³-hybridized carbons (Fsp3) is 0.429. The number of hydrogen-bond acceptors (Lipinski definition) is 4. The first-order valence-electron chi connectivity index (χ1n) is 15.5. The zero-order chi connectivity index (χ0) is 27.7. The van der Waals surface area contributed by atoms with Crippen LogP contribution in [-0.2, 0) is 25.7 Å². The van der Waals surface area contributed by atoms with Gasteiger partial charge in [-0.25, -0.2) is 4.58 Å². The van der Waals surface area contributed by atoms with Crippen LogP contribution in [0.15, 0.2) is 36.4 Å². The lowest BCUT2D eigenvalue weighted by molar-refractivity contribution is -0.367. The van der Waals surface area contributed by atoms with Crippen molar-refractivity contribution in [3.05, 3.63) is 85.9 Å². The van der Waals surface area contributed by atoms with Crippen molar-refractivity contribution in [2.45, 2.75) is 51.4 Å². The van der Waals surface area contributed by atoms with Gasteiger partial charge in [0.1, 0.15) is 24.6 Å². The fourth-order valence-corrected chi connectivity index (χ4v) is 8.14. The Balaban J connectivity index is 1.49. The third kappa shape index (κ3) is 3.79. The van der Waals surface area contributed by atoms with E-state index in [1.807, 2.05) is 18.2 Å². The lowest BCUT2D eigenvalue weighted by Crippen LogP contribution is -2.45. The number of likely N-dealkylation sites (N-methyl/N-ethyl adjacent to an activating group) is 1. The third-order valence-corrected chi connectivity index (χ3v) is 9.89. The average Bonchev–Trinajstić information content (AvgIpc) is 3.01. The molecular formula is C35H37N3O3. The van der Waals surface area contributed by atoms with Crippen LogP contribution in [0.25, 0.3) is 5.57 Å². The molecule has 0 aliphatic carbocycles. The van der Waals surface area contributed by atoms with Crippen LogP contribution in [0.3, 0.4) is 0 Å². The molecule has 0 N–H and O–H groups in total. The molecule has 3 aromatic rings. The summed E-state index contributed by atoms with van der Waals surface area (Å²) in [5.74, 6) is 1.89. The van der Waals surface area contributed by atoms with Crippen molar-refractivity contribution in [1.82, 2.24) is 9.48 Å². The molecule has 6 nitrogen and oxygen atoms in total. The van der Waals surface area contributed by atoms with Gasteiger partial charge in [-0.3, -0.25) is 4.79 Å². The van der Waals surface area contributed by atoms with Crippen molar-refractivity contribution in [2.24, 2.45) is 0 Å². The third-order valence-electron chi connectivity index (χ3n) is 9.89. The summed E-state index contributed by atoms with van der Waals surface area (Å²) in [6.45, 7) is 4.34. The van der Waals surface area contributed by atoms with Crippen LogP contribution in [0.4, 0.5) is 5.69 Å². The second-order valence-corrected chi connectivity index (χ2v) is 12.3. The standard InChI is InChI=1S/C35H37N3O3/c1-36(18-19-39)35(40)25-11-3-2-10-24(25)30-28-20-22-8-4-14-37-16-6-12-26(31(22)37)33(28)41-34-27-13-7-17-38-15-5-9-23(32(27)38)21-29(30)34/h2-3,10-11,20-21H,4-9,12-19H2,1H3. The van der Waals surface area contributed by atoms with Crippen LogP contribution in [0.2, 0.25) is 0 Å². The highest BCUT2D eigenvalue weighted by Crippen LogP contribution is 2.48. The maximum Gasteiger partial charge on any atom is 0.254 e. The first-order chi connectivity index (χ1) is 20.1. The van der Waals surface area contributed by atoms with E-state index in [9.17, 15) is 9.90 Å². The SMILES string of the molecule is CN(CC[O-])C(=O)c1ccccc1C1=c2cc3c4c(c2Oc2c1cc1c5c2CCCN5CCC1)CCC[N+]=4CCC3. The Bertz CT molecular complexity index is 1730. The molecule has 0 saturated carbocycles. The molecule has 5 aliphatic heterocycles. The maximum absolute atomic E-state index is 13.8. The van der Waals surface area contributed by atoms with E-state index in [1.165, 1.54) is 46.1 Å². The van der Waals surface area contributed by atoms with Crippen molar-refractivity contribution in [3.63, 3.8) is 0 Å². The predicted octanol–water partition coefficient (Wildman–Crippen LogP) is 2.55. The molecule has 6 heteroatoms. The van der Waals surface area contributed by atoms with Crippen molar-refractivity contribution < 1.29 is 14.6 Å². The summed E-state index contributed by atoms with van der Waals surface area (Å²) in [6, 6.07) is 12.8. The van der Waals surface area contributed by atoms with Crippen molar-refractivity contribution in [1.29, 1.82) is 0 Å². The Kier molecular flexibility index (Phi) is 5.96. The number of hydrogen-bond donors (Lipinski definition) is 0. The molecule has 0 saturated heterocycles. The first-order valence-corrected chi connectivity index (χ1v) is 15.5. The van der Waals surface area contributed by atoms with E-state index in [4.69, 9.17) is 4.74 Å². The van der Waals surface area contributed by atoms with Crippen LogP contribution in [0, 0.1) is 0 Å². The van der Waals surface area contributed by atoms with Gasteiger partial charge >= 0.3 is 0 Å². The van der Waals surface area contributed by atoms with Crippen LogP contribution >= 0.6 is 0 Å². The average molecular weight is 548 g/mol. The Morgan fingerprint density at radius 1 is 0.927 bits per heavy atom. The van der Waals surface area contributed by atoms with Crippen LogP contribution in [-0.4, -0.2) is 57.2 Å². The number of ether oxygens (including phenoxy) is 1. The summed E-state index contributed by atoms with van der Waals surface area (Å²) in [6.07, 6.45) is 8.78. The van der Waals surface area contributed by atoms with Gasteiger partial charge in [-0.1, -0.05) is 18.2 Å². The summed E-state index contributed by atoms with van der Waals surface area (Å²) in [5, 5.41) is 14.0. The topological polar surface area (TPSA) is 58.8 Å². The van der Waals surface area contributed by atoms with Gasteiger partial charge in [-0.05, 0) is 67.9 Å². The minimum absolute atomic E-state index is 0.102. The van der Waals surface area contributed by atoms with Gasteiger partial charge in [-0.2, -0.15) is 0 Å². The van der Waals surface area contributed by atoms with Gasteiger partial charge in [-0.15, -0.1) is 6.61 Å². The largest absolute Gasteiger partial charge is 0.853 e. The fourth-order valence-electron chi connectivity index (χ4n) is 8.14. The number of fused-ring (bicyclic) bond motifs is 4. The molecule has 5 heterocycles. The number of carbonyl (C=O) groups is 1. The van der Waals surface area contributed by atoms with Crippen LogP contribution in [0.1, 0.15) is 69.4 Å². The van der Waals surface area contributed by atoms with Crippen molar-refractivity contribution in [3.8, 4) is 11.5 Å². The van der Waals surface area contributed by atoms with E-state index >= 15 is 0 Å². The van der Waals surface area contributed by atoms with Crippen LogP contribution in [0.5, 0.6) is 11.5 Å². The molecule has 0 unspecified atom stereocenters. The summed E-state index contributed by atoms with van der Waals surface area (Å²) in [5.41, 5.74) is 10.7. The van der Waals surface area contributed by atoms with Gasteiger partial charge in [0.2, 0.25) is 5.36 Å². The van der Waals surface area contributed by atoms with Crippen LogP contribution < -0.4 is 29.9 Å². The summed E-state index contributed by atoms with van der Waals surface area (Å²) >= 11 is 0. The number of aryl methyl sites for hydroxylation is 2. The highest BCUT2D eigenvalue weighted by Gasteiger charge is 2.36. The minimum Gasteiger partial charge on any atom is -0.853 e. The van der Waals surface area contributed by atoms with E-state index in [2.05, 4.69) is 27.7 Å². The molecule has 0 bridgehead atoms. The summed E-state index contributed by atoms with van der Waals surface area (Å²) < 4.78 is 9.72. The predicted molar refractivity (Wildman–Crippen MR) is 159 cm³/mol. The van der Waals surface area contributed by atoms with Gasteiger partial charge in [0.05, 0.1) is 5.56 Å². The lowest BCUT2D eigenvalue weighted by atomic mass is 9.81. The molecule has 41 heavy (non-hydrogen) atoms. The van der Waals surface area contributed by atoms with Gasteiger partial charge in [0.25, 0.3) is 5.91 Å². The number of carbonyl (C=O) groups excluding carboxylic acids is 1. The monoisotopic (exact) mass is 547 g/mol. The summed E-state index contributed by atoms with van der Waals surface area (Å²) in [7, 11) is 1.73. The molecule has 0 atom stereocenters. The zero-order valence-electron chi connectivity index (χ0n) is 23.9. The molecule has 1 amide bonds. The maximum atomic E-state index is 13.8. The van der Waals surface area contributed by atoms with Gasteiger partial charge < -0.3 is 19.6 Å². The van der Waals surface area contributed by atoms with E-state index in [0.717, 1.165) is 98.1 Å². The number of anilines is 1. The Labute approximate surface area is 241 Å². The van der Waals surface area contributed by atoms with Crippen molar-refractivity contribution in [2.75, 3.05) is 51.3 Å². The number of benzene rings is 3. The molecule has 0 radical (unpaired) electrons. The van der Waals surface area contributed by atoms with E-state index in [0.29, 0.717) is 5.56 Å². The van der Waals surface area contributed by atoms with Gasteiger partial charge in [0.15, 0.2) is 0 Å². The number of nitrogens with zero attached hydrogens (tertiary/aromatic N) is 3. The summed E-state index contributed by atoms with van der Waals surface area (Å²) in [4.78, 5) is 17.9. The van der Waals surface area contributed by atoms with E-state index in [1.54, 1.807) is 11.9 Å². The first kappa shape index (κ1) is 25.1. The second-order valence-electron chi connectivity index (χ2n) is 12.3. The van der Waals surface area contributed by atoms with E-state index in [-0.39, 0.29) is 19.1 Å². The number of rotatable bonds is 4. The Morgan fingerprint density at radius 3 is 2.54 bits per heavy atom. The molecule has 8 rings (SSSR count). The van der Waals surface area contributed by atoms with E-state index < -0.39 is 0 Å². The minimum atomic E-state index is -0.307. The normalized spacial score (nSPS) is 18.1. The highest BCUT2D eigenvalue weighted by atomic mass is 16.5. The van der Waals surface area contributed by atoms with Crippen molar-refractivity contribution >= 4 is 17.2 Å². The quantitative estimate of drug-likeness (QED) is 0.369. The zero-order valence-corrected chi connectivity index (χ0v) is 23.9. The second kappa shape index (κ2) is 9.73. The molecule has 0 fully saturated rings. The van der Waals surface area contributed by atoms with Gasteiger partial charge in [0, 0.05) is 78.3 Å². The molecule has 3 aromatic carbocycles. The Hall–Kier alpha value is -3.64. The molecule has 0 aromatic heterocycles. The highest BCUT2D eigenvalue weighted by molar-refractivity contribution is 6.02. The molecule has 5 aliphatic rings. The number of amides is 1. The smallest absolute Gasteiger partial charge is 0.254 e. The molecular weight excluding hydrogens is 510 g/mol. The lowest BCUT2D eigenvalue weighted by Gasteiger charge is -2.39. The molecule has 0 spiro atoms. The Morgan fingerprint density at radius 2 is 1.68 bits per heavy atom.